The highest BCUT2D eigenvalue weighted by molar-refractivity contribution is 5.86. The van der Waals surface area contributed by atoms with Crippen molar-refractivity contribution in [2.24, 2.45) is 0 Å². The van der Waals surface area contributed by atoms with Crippen molar-refractivity contribution >= 4 is 11.8 Å². The van der Waals surface area contributed by atoms with Crippen molar-refractivity contribution in [3.63, 3.8) is 0 Å². The van der Waals surface area contributed by atoms with Gasteiger partial charge in [0.15, 0.2) is 0 Å². The van der Waals surface area contributed by atoms with Crippen LogP contribution in [-0.2, 0) is 16.1 Å². The molecule has 2 rings (SSSR count). The smallest absolute Gasteiger partial charge is 0.242 e. The summed E-state index contributed by atoms with van der Waals surface area (Å²) in [4.78, 5) is 27.5. The van der Waals surface area contributed by atoms with Crippen LogP contribution in [0.1, 0.15) is 32.3 Å². The lowest BCUT2D eigenvalue weighted by Crippen LogP contribution is -2.43. The van der Waals surface area contributed by atoms with E-state index < -0.39 is 0 Å². The van der Waals surface area contributed by atoms with Crippen LogP contribution in [0.15, 0.2) is 30.3 Å². The van der Waals surface area contributed by atoms with Crippen molar-refractivity contribution in [2.45, 2.75) is 39.3 Å². The number of amides is 2. The van der Waals surface area contributed by atoms with E-state index in [4.69, 9.17) is 0 Å². The largest absolute Gasteiger partial charge is 0.334 e. The van der Waals surface area contributed by atoms with E-state index in [0.29, 0.717) is 19.5 Å². The number of likely N-dealkylation sites (tertiary alicyclic amines) is 1. The Hall–Kier alpha value is -1.84. The standard InChI is InChI=1S/C16H22N2O2/c1-13(2)18(11-14-7-4-3-5-8-14)16(20)12-17-10-6-9-15(17)19/h3-5,7-8,13H,6,9-12H2,1-2H3. The number of rotatable bonds is 5. The summed E-state index contributed by atoms with van der Waals surface area (Å²) in [6.45, 7) is 5.53. The van der Waals surface area contributed by atoms with Gasteiger partial charge in [-0.15, -0.1) is 0 Å². The fourth-order valence-corrected chi connectivity index (χ4v) is 2.46. The second-order valence-electron chi connectivity index (χ2n) is 5.52. The zero-order valence-electron chi connectivity index (χ0n) is 12.2. The monoisotopic (exact) mass is 274 g/mol. The first-order chi connectivity index (χ1) is 9.58. The predicted octanol–water partition coefficient (Wildman–Crippen LogP) is 2.05. The molecule has 1 saturated heterocycles. The molecule has 1 aromatic rings. The topological polar surface area (TPSA) is 40.6 Å². The lowest BCUT2D eigenvalue weighted by atomic mass is 10.2. The van der Waals surface area contributed by atoms with Gasteiger partial charge in [-0.05, 0) is 25.8 Å². The zero-order chi connectivity index (χ0) is 14.5. The van der Waals surface area contributed by atoms with E-state index in [2.05, 4.69) is 0 Å². The first-order valence-corrected chi connectivity index (χ1v) is 7.19. The maximum absolute atomic E-state index is 12.4. The molecule has 1 aromatic carbocycles. The van der Waals surface area contributed by atoms with Gasteiger partial charge in [0.2, 0.25) is 11.8 Å². The van der Waals surface area contributed by atoms with Crippen molar-refractivity contribution in [2.75, 3.05) is 13.1 Å². The van der Waals surface area contributed by atoms with Crippen molar-refractivity contribution in [3.8, 4) is 0 Å². The highest BCUT2D eigenvalue weighted by atomic mass is 16.2. The molecule has 0 aromatic heterocycles. The van der Waals surface area contributed by atoms with E-state index in [1.54, 1.807) is 4.90 Å². The Morgan fingerprint density at radius 3 is 2.55 bits per heavy atom. The maximum atomic E-state index is 12.4. The number of carbonyl (C=O) groups excluding carboxylic acids is 2. The second-order valence-corrected chi connectivity index (χ2v) is 5.52. The van der Waals surface area contributed by atoms with Crippen LogP contribution in [0.2, 0.25) is 0 Å². The van der Waals surface area contributed by atoms with Gasteiger partial charge in [0.25, 0.3) is 0 Å². The Labute approximate surface area is 120 Å². The number of benzene rings is 1. The van der Waals surface area contributed by atoms with Crippen molar-refractivity contribution < 1.29 is 9.59 Å². The van der Waals surface area contributed by atoms with E-state index in [1.165, 1.54) is 0 Å². The molecule has 0 unspecified atom stereocenters. The summed E-state index contributed by atoms with van der Waals surface area (Å²) in [5.74, 6) is 0.126. The second kappa shape index (κ2) is 6.55. The van der Waals surface area contributed by atoms with Gasteiger partial charge < -0.3 is 9.80 Å². The Morgan fingerprint density at radius 1 is 1.30 bits per heavy atom. The number of carbonyl (C=O) groups is 2. The van der Waals surface area contributed by atoms with Crippen LogP contribution in [0.3, 0.4) is 0 Å². The summed E-state index contributed by atoms with van der Waals surface area (Å²) < 4.78 is 0. The minimum absolute atomic E-state index is 0.0269. The highest BCUT2D eigenvalue weighted by Crippen LogP contribution is 2.13. The van der Waals surface area contributed by atoms with E-state index >= 15 is 0 Å². The van der Waals surface area contributed by atoms with Crippen molar-refractivity contribution in [1.29, 1.82) is 0 Å². The average Bonchev–Trinajstić information content (AvgIpc) is 2.82. The van der Waals surface area contributed by atoms with Crippen LogP contribution in [0, 0.1) is 0 Å². The third-order valence-corrected chi connectivity index (χ3v) is 3.64. The molecule has 4 heteroatoms. The third-order valence-electron chi connectivity index (χ3n) is 3.64. The normalized spacial score (nSPS) is 14.9. The van der Waals surface area contributed by atoms with Gasteiger partial charge in [-0.2, -0.15) is 0 Å². The molecule has 0 atom stereocenters. The first kappa shape index (κ1) is 14.6. The number of hydrogen-bond donors (Lipinski definition) is 0. The van der Waals surface area contributed by atoms with E-state index in [9.17, 15) is 9.59 Å². The predicted molar refractivity (Wildman–Crippen MR) is 77.9 cm³/mol. The quantitative estimate of drug-likeness (QED) is 0.824. The van der Waals surface area contributed by atoms with Gasteiger partial charge in [-0.1, -0.05) is 30.3 Å². The van der Waals surface area contributed by atoms with Crippen LogP contribution < -0.4 is 0 Å². The molecule has 1 fully saturated rings. The Bertz CT molecular complexity index is 471. The molecule has 108 valence electrons. The fourth-order valence-electron chi connectivity index (χ4n) is 2.46. The molecular weight excluding hydrogens is 252 g/mol. The van der Waals surface area contributed by atoms with Gasteiger partial charge in [0, 0.05) is 25.6 Å². The Balaban J connectivity index is 2.00. The van der Waals surface area contributed by atoms with Crippen LogP contribution in [0.25, 0.3) is 0 Å². The van der Waals surface area contributed by atoms with Crippen LogP contribution in [0.5, 0.6) is 0 Å². The summed E-state index contributed by atoms with van der Waals surface area (Å²) in [6.07, 6.45) is 1.44. The summed E-state index contributed by atoms with van der Waals surface area (Å²) >= 11 is 0. The third kappa shape index (κ3) is 3.59. The Kier molecular flexibility index (Phi) is 4.77. The van der Waals surface area contributed by atoms with Gasteiger partial charge in [-0.3, -0.25) is 9.59 Å². The molecule has 1 aliphatic rings. The summed E-state index contributed by atoms with van der Waals surface area (Å²) in [5, 5.41) is 0. The zero-order valence-corrected chi connectivity index (χ0v) is 12.2. The average molecular weight is 274 g/mol. The van der Waals surface area contributed by atoms with Gasteiger partial charge in [0.05, 0.1) is 6.54 Å². The highest BCUT2D eigenvalue weighted by Gasteiger charge is 2.25. The molecule has 1 aliphatic heterocycles. The molecule has 4 nitrogen and oxygen atoms in total. The van der Waals surface area contributed by atoms with Crippen LogP contribution in [0.4, 0.5) is 0 Å². The molecule has 0 saturated carbocycles. The minimum atomic E-state index is 0.0269. The van der Waals surface area contributed by atoms with Crippen molar-refractivity contribution in [1.82, 2.24) is 9.80 Å². The summed E-state index contributed by atoms with van der Waals surface area (Å²) in [6, 6.07) is 10.1. The van der Waals surface area contributed by atoms with Gasteiger partial charge in [-0.25, -0.2) is 0 Å². The van der Waals surface area contributed by atoms with E-state index in [0.717, 1.165) is 12.0 Å². The molecule has 0 aliphatic carbocycles. The van der Waals surface area contributed by atoms with Crippen molar-refractivity contribution in [3.05, 3.63) is 35.9 Å². The molecule has 2 amide bonds. The molecule has 0 spiro atoms. The first-order valence-electron chi connectivity index (χ1n) is 7.19. The minimum Gasteiger partial charge on any atom is -0.334 e. The summed E-state index contributed by atoms with van der Waals surface area (Å²) in [5.41, 5.74) is 1.11. The number of hydrogen-bond acceptors (Lipinski definition) is 2. The Morgan fingerprint density at radius 2 is 2.00 bits per heavy atom. The molecule has 20 heavy (non-hydrogen) atoms. The van der Waals surface area contributed by atoms with Gasteiger partial charge >= 0.3 is 0 Å². The molecule has 0 N–H and O–H groups in total. The molecule has 1 heterocycles. The molecular formula is C16H22N2O2. The van der Waals surface area contributed by atoms with E-state index in [1.807, 2.05) is 49.1 Å². The van der Waals surface area contributed by atoms with Gasteiger partial charge in [0.1, 0.15) is 0 Å². The summed E-state index contributed by atoms with van der Waals surface area (Å²) in [7, 11) is 0. The SMILES string of the molecule is CC(C)N(Cc1ccccc1)C(=O)CN1CCCC1=O. The lowest BCUT2D eigenvalue weighted by Gasteiger charge is -2.29. The number of nitrogens with zero attached hydrogens (tertiary/aromatic N) is 2. The lowest BCUT2D eigenvalue weighted by molar-refractivity contribution is -0.140. The molecule has 0 radical (unpaired) electrons. The van der Waals surface area contributed by atoms with Crippen LogP contribution >= 0.6 is 0 Å². The van der Waals surface area contributed by atoms with E-state index in [-0.39, 0.29) is 24.4 Å². The van der Waals surface area contributed by atoms with Crippen LogP contribution in [-0.4, -0.2) is 40.7 Å². The fraction of sp³-hybridized carbons (Fsp3) is 0.500. The maximum Gasteiger partial charge on any atom is 0.242 e. The molecule has 0 bridgehead atoms.